The molecule has 1 aromatic heterocycles. The lowest BCUT2D eigenvalue weighted by molar-refractivity contribution is -0.142. The van der Waals surface area contributed by atoms with Gasteiger partial charge < -0.3 is 14.5 Å². The largest absolute Gasteiger partial charge is 0.497 e. The van der Waals surface area contributed by atoms with E-state index in [9.17, 15) is 9.59 Å². The highest BCUT2D eigenvalue weighted by Crippen LogP contribution is 2.35. The Hall–Kier alpha value is -2.87. The first-order valence-corrected chi connectivity index (χ1v) is 9.83. The second-order valence-electron chi connectivity index (χ2n) is 7.99. The molecule has 2 saturated heterocycles. The van der Waals surface area contributed by atoms with Crippen molar-refractivity contribution in [1.82, 2.24) is 19.6 Å². The molecule has 2 aliphatic heterocycles. The highest BCUT2D eigenvalue weighted by molar-refractivity contribution is 5.98. The third kappa shape index (κ3) is 3.72. The second-order valence-corrected chi connectivity index (χ2v) is 7.99. The molecule has 1 atom stereocenters. The summed E-state index contributed by atoms with van der Waals surface area (Å²) >= 11 is 0. The molecule has 2 aromatic rings. The van der Waals surface area contributed by atoms with Gasteiger partial charge in [0.05, 0.1) is 31.1 Å². The summed E-state index contributed by atoms with van der Waals surface area (Å²) < 4.78 is 6.92. The zero-order valence-corrected chi connectivity index (χ0v) is 17.2. The Morgan fingerprint density at radius 2 is 2.00 bits per heavy atom. The topological polar surface area (TPSA) is 70.9 Å². The van der Waals surface area contributed by atoms with Gasteiger partial charge in [-0.3, -0.25) is 19.2 Å². The fourth-order valence-electron chi connectivity index (χ4n) is 4.50. The van der Waals surface area contributed by atoms with E-state index in [4.69, 9.17) is 4.74 Å². The number of methoxy groups -OCH3 is 1. The SMILES string of the molecule is COc1ccc(CN2CC[C@@]3(C2)CN(c2cnn(C)c2)C(=O)CN3C(C)=O)cc1. The molecule has 3 heterocycles. The minimum absolute atomic E-state index is 0.0458. The van der Waals surface area contributed by atoms with Crippen LogP contribution in [0.4, 0.5) is 5.69 Å². The van der Waals surface area contributed by atoms with Crippen LogP contribution in [0.1, 0.15) is 18.9 Å². The first-order chi connectivity index (χ1) is 13.9. The standard InChI is InChI=1S/C21H27N5O3/c1-16(27)26-13-20(28)25(18-10-22-23(2)12-18)15-21(26)8-9-24(14-21)11-17-4-6-19(29-3)7-5-17/h4-7,10,12H,8-9,11,13-15H2,1-3H3/t21-/m1/s1. The van der Waals surface area contributed by atoms with E-state index in [1.807, 2.05) is 25.4 Å². The number of carbonyl (C=O) groups is 2. The van der Waals surface area contributed by atoms with Crippen LogP contribution in [0.2, 0.25) is 0 Å². The number of piperazine rings is 1. The normalized spacial score (nSPS) is 22.5. The lowest BCUT2D eigenvalue weighted by Gasteiger charge is -2.48. The number of carbonyl (C=O) groups excluding carboxylic acids is 2. The summed E-state index contributed by atoms with van der Waals surface area (Å²) in [5.74, 6) is 0.732. The molecule has 0 N–H and O–H groups in total. The Labute approximate surface area is 170 Å². The molecule has 0 unspecified atom stereocenters. The Morgan fingerprint density at radius 3 is 2.62 bits per heavy atom. The minimum Gasteiger partial charge on any atom is -0.497 e. The van der Waals surface area contributed by atoms with E-state index >= 15 is 0 Å². The van der Waals surface area contributed by atoms with E-state index in [0.717, 1.165) is 37.5 Å². The summed E-state index contributed by atoms with van der Waals surface area (Å²) in [7, 11) is 3.50. The maximum atomic E-state index is 12.8. The van der Waals surface area contributed by atoms with Crippen molar-refractivity contribution in [2.75, 3.05) is 38.2 Å². The average molecular weight is 397 g/mol. The van der Waals surface area contributed by atoms with E-state index in [1.165, 1.54) is 5.56 Å². The van der Waals surface area contributed by atoms with Crippen LogP contribution in [-0.4, -0.2) is 70.2 Å². The fraction of sp³-hybridized carbons (Fsp3) is 0.476. The molecule has 0 saturated carbocycles. The highest BCUT2D eigenvalue weighted by Gasteiger charge is 2.50. The molecule has 0 aliphatic carbocycles. The molecule has 29 heavy (non-hydrogen) atoms. The lowest BCUT2D eigenvalue weighted by atomic mass is 9.92. The van der Waals surface area contributed by atoms with Crippen LogP contribution in [0.5, 0.6) is 5.75 Å². The van der Waals surface area contributed by atoms with Crippen LogP contribution in [0, 0.1) is 0 Å². The molecule has 2 fully saturated rings. The molecule has 8 heteroatoms. The lowest BCUT2D eigenvalue weighted by Crippen LogP contribution is -2.66. The third-order valence-corrected chi connectivity index (χ3v) is 5.98. The summed E-state index contributed by atoms with van der Waals surface area (Å²) in [5, 5.41) is 4.20. The highest BCUT2D eigenvalue weighted by atomic mass is 16.5. The van der Waals surface area contributed by atoms with Crippen molar-refractivity contribution in [3.63, 3.8) is 0 Å². The van der Waals surface area contributed by atoms with Crippen molar-refractivity contribution in [3.8, 4) is 5.75 Å². The van der Waals surface area contributed by atoms with Gasteiger partial charge in [-0.15, -0.1) is 0 Å². The Kier molecular flexibility index (Phi) is 5.04. The zero-order chi connectivity index (χ0) is 20.6. The van der Waals surface area contributed by atoms with Crippen molar-refractivity contribution in [3.05, 3.63) is 42.2 Å². The number of likely N-dealkylation sites (tertiary alicyclic amines) is 1. The van der Waals surface area contributed by atoms with Gasteiger partial charge in [0, 0.05) is 39.8 Å². The van der Waals surface area contributed by atoms with E-state index in [1.54, 1.807) is 34.7 Å². The van der Waals surface area contributed by atoms with Gasteiger partial charge in [0.15, 0.2) is 0 Å². The van der Waals surface area contributed by atoms with Crippen molar-refractivity contribution in [2.24, 2.45) is 7.05 Å². The number of hydrogen-bond acceptors (Lipinski definition) is 5. The number of ether oxygens (including phenoxy) is 1. The number of benzene rings is 1. The Morgan fingerprint density at radius 1 is 1.24 bits per heavy atom. The molecule has 2 aliphatic rings. The smallest absolute Gasteiger partial charge is 0.246 e. The summed E-state index contributed by atoms with van der Waals surface area (Å²) in [6.45, 7) is 4.59. The summed E-state index contributed by atoms with van der Waals surface area (Å²) in [6, 6.07) is 8.07. The maximum absolute atomic E-state index is 12.8. The maximum Gasteiger partial charge on any atom is 0.246 e. The number of anilines is 1. The van der Waals surface area contributed by atoms with Crippen LogP contribution in [-0.2, 0) is 23.2 Å². The number of aromatic nitrogens is 2. The zero-order valence-electron chi connectivity index (χ0n) is 17.2. The molecule has 154 valence electrons. The molecular formula is C21H27N5O3. The molecule has 1 aromatic carbocycles. The quantitative estimate of drug-likeness (QED) is 0.777. The predicted octanol–water partition coefficient (Wildman–Crippen LogP) is 1.27. The number of amides is 2. The third-order valence-electron chi connectivity index (χ3n) is 5.98. The number of rotatable bonds is 4. The summed E-state index contributed by atoms with van der Waals surface area (Å²) in [4.78, 5) is 31.1. The van der Waals surface area contributed by atoms with Gasteiger partial charge in [0.2, 0.25) is 11.8 Å². The van der Waals surface area contributed by atoms with Crippen molar-refractivity contribution in [1.29, 1.82) is 0 Å². The average Bonchev–Trinajstić information content (AvgIpc) is 3.31. The van der Waals surface area contributed by atoms with Crippen molar-refractivity contribution in [2.45, 2.75) is 25.4 Å². The number of aryl methyl sites for hydroxylation is 1. The van der Waals surface area contributed by atoms with Crippen molar-refractivity contribution >= 4 is 17.5 Å². The predicted molar refractivity (Wildman–Crippen MR) is 109 cm³/mol. The first-order valence-electron chi connectivity index (χ1n) is 9.83. The first kappa shape index (κ1) is 19.4. The van der Waals surface area contributed by atoms with E-state index in [0.29, 0.717) is 6.54 Å². The molecule has 0 radical (unpaired) electrons. The Bertz CT molecular complexity index is 909. The van der Waals surface area contributed by atoms with E-state index in [-0.39, 0.29) is 23.9 Å². The molecular weight excluding hydrogens is 370 g/mol. The molecule has 2 amide bonds. The second kappa shape index (κ2) is 7.51. The van der Waals surface area contributed by atoms with E-state index in [2.05, 4.69) is 22.1 Å². The van der Waals surface area contributed by atoms with Crippen LogP contribution in [0.15, 0.2) is 36.7 Å². The van der Waals surface area contributed by atoms with Gasteiger partial charge in [0.25, 0.3) is 0 Å². The minimum atomic E-state index is -0.373. The number of nitrogens with zero attached hydrogens (tertiary/aromatic N) is 5. The molecule has 4 rings (SSSR count). The van der Waals surface area contributed by atoms with Gasteiger partial charge in [0.1, 0.15) is 12.3 Å². The summed E-state index contributed by atoms with van der Waals surface area (Å²) in [5.41, 5.74) is 1.61. The van der Waals surface area contributed by atoms with Gasteiger partial charge in [-0.2, -0.15) is 5.10 Å². The van der Waals surface area contributed by atoms with Crippen LogP contribution >= 0.6 is 0 Å². The van der Waals surface area contributed by atoms with Gasteiger partial charge in [-0.1, -0.05) is 12.1 Å². The number of hydrogen-bond donors (Lipinski definition) is 0. The van der Waals surface area contributed by atoms with Gasteiger partial charge in [-0.25, -0.2) is 0 Å². The van der Waals surface area contributed by atoms with Crippen LogP contribution in [0.3, 0.4) is 0 Å². The monoisotopic (exact) mass is 397 g/mol. The van der Waals surface area contributed by atoms with Crippen LogP contribution < -0.4 is 9.64 Å². The fourth-order valence-corrected chi connectivity index (χ4v) is 4.50. The Balaban J connectivity index is 1.54. The summed E-state index contributed by atoms with van der Waals surface area (Å²) in [6.07, 6.45) is 4.39. The van der Waals surface area contributed by atoms with Gasteiger partial charge >= 0.3 is 0 Å². The van der Waals surface area contributed by atoms with Gasteiger partial charge in [-0.05, 0) is 24.1 Å². The molecule has 0 bridgehead atoms. The molecule has 8 nitrogen and oxygen atoms in total. The molecule has 1 spiro atoms. The van der Waals surface area contributed by atoms with E-state index < -0.39 is 0 Å². The van der Waals surface area contributed by atoms with Crippen LogP contribution in [0.25, 0.3) is 0 Å². The van der Waals surface area contributed by atoms with Crippen molar-refractivity contribution < 1.29 is 14.3 Å².